The van der Waals surface area contributed by atoms with Crippen molar-refractivity contribution in [1.29, 1.82) is 0 Å². The molecule has 0 saturated carbocycles. The van der Waals surface area contributed by atoms with Gasteiger partial charge in [-0.15, -0.1) is 0 Å². The Kier molecular flexibility index (Phi) is 38.4. The molecule has 0 aromatic heterocycles. The molecule has 1 aliphatic heterocycles. The van der Waals surface area contributed by atoms with Crippen LogP contribution in [0.2, 0.25) is 0 Å². The fourth-order valence-electron chi connectivity index (χ4n) is 7.70. The van der Waals surface area contributed by atoms with Crippen LogP contribution in [-0.4, -0.2) is 96.0 Å². The Morgan fingerprint density at radius 3 is 1.42 bits per heavy atom. The second-order valence-corrected chi connectivity index (χ2v) is 19.3. The summed E-state index contributed by atoms with van der Waals surface area (Å²) in [5.41, 5.74) is 0. The number of allylic oxidation sites excluding steroid dienone is 6. The molecule has 1 rings (SSSR count). The fourth-order valence-corrected chi connectivity index (χ4v) is 8.39. The summed E-state index contributed by atoms with van der Waals surface area (Å²) in [6.45, 7) is 3.74. The molecule has 1 heterocycles. The molecule has 13 heteroatoms. The molecule has 12 nitrogen and oxygen atoms in total. The van der Waals surface area contributed by atoms with Crippen LogP contribution in [0.3, 0.4) is 0 Å². The van der Waals surface area contributed by atoms with Crippen LogP contribution in [0, 0.1) is 0 Å². The average molecular weight is 929 g/mol. The van der Waals surface area contributed by atoms with Gasteiger partial charge in [-0.2, -0.15) is 8.42 Å². The highest BCUT2D eigenvalue weighted by atomic mass is 32.2. The summed E-state index contributed by atoms with van der Waals surface area (Å²) in [5.74, 6) is -1.98. The van der Waals surface area contributed by atoms with Crippen LogP contribution in [0.5, 0.6) is 0 Å². The molecule has 64 heavy (non-hydrogen) atoms. The molecule has 1 fully saturated rings. The van der Waals surface area contributed by atoms with E-state index in [0.717, 1.165) is 57.8 Å². The maximum absolute atomic E-state index is 12.9. The van der Waals surface area contributed by atoms with Gasteiger partial charge in [0.2, 0.25) is 0 Å². The number of aliphatic hydroxyl groups excluding tert-OH is 3. The quantitative estimate of drug-likeness (QED) is 0.0196. The Bertz CT molecular complexity index is 1320. The lowest BCUT2D eigenvalue weighted by Crippen LogP contribution is -2.60. The molecular weight excluding hydrogens is 837 g/mol. The molecule has 2 unspecified atom stereocenters. The van der Waals surface area contributed by atoms with Gasteiger partial charge in [0.15, 0.2) is 12.4 Å². The highest BCUT2D eigenvalue weighted by Gasteiger charge is 2.46. The van der Waals surface area contributed by atoms with Gasteiger partial charge >= 0.3 is 11.9 Å². The van der Waals surface area contributed by atoms with Gasteiger partial charge in [0.25, 0.3) is 10.1 Å². The molecule has 0 amide bonds. The molecule has 4 N–H and O–H groups in total. The van der Waals surface area contributed by atoms with Crippen molar-refractivity contribution in [2.75, 3.05) is 19.0 Å². The van der Waals surface area contributed by atoms with Crippen LogP contribution >= 0.6 is 0 Å². The van der Waals surface area contributed by atoms with E-state index in [0.29, 0.717) is 12.8 Å². The molecule has 374 valence electrons. The molecule has 6 atom stereocenters. The first-order valence-electron chi connectivity index (χ1n) is 25.5. The maximum atomic E-state index is 12.9. The van der Waals surface area contributed by atoms with Gasteiger partial charge in [0.05, 0.1) is 6.61 Å². The summed E-state index contributed by atoms with van der Waals surface area (Å²) < 4.78 is 54.2. The van der Waals surface area contributed by atoms with Crippen LogP contribution in [0.25, 0.3) is 0 Å². The number of rotatable bonds is 43. The van der Waals surface area contributed by atoms with Gasteiger partial charge < -0.3 is 34.3 Å². The molecule has 1 saturated heterocycles. The minimum absolute atomic E-state index is 0.162. The largest absolute Gasteiger partial charge is 0.462 e. The van der Waals surface area contributed by atoms with Crippen molar-refractivity contribution < 1.29 is 56.8 Å². The first-order chi connectivity index (χ1) is 31.0. The van der Waals surface area contributed by atoms with Gasteiger partial charge in [0.1, 0.15) is 36.8 Å². The van der Waals surface area contributed by atoms with Gasteiger partial charge in [-0.1, -0.05) is 172 Å². The van der Waals surface area contributed by atoms with E-state index in [1.165, 1.54) is 122 Å². The highest BCUT2D eigenvalue weighted by Crippen LogP contribution is 2.24. The van der Waals surface area contributed by atoms with Crippen LogP contribution in [0.15, 0.2) is 36.5 Å². The monoisotopic (exact) mass is 929 g/mol. The number of carbonyl (C=O) groups excluding carboxylic acids is 2. The van der Waals surface area contributed by atoms with Crippen molar-refractivity contribution in [3.8, 4) is 0 Å². The third kappa shape index (κ3) is 35.1. The van der Waals surface area contributed by atoms with Gasteiger partial charge in [0, 0.05) is 12.8 Å². The third-order valence-corrected chi connectivity index (χ3v) is 12.4. The van der Waals surface area contributed by atoms with Crippen molar-refractivity contribution >= 4 is 22.1 Å². The predicted molar refractivity (Wildman–Crippen MR) is 256 cm³/mol. The molecule has 0 spiro atoms. The van der Waals surface area contributed by atoms with E-state index in [1.807, 2.05) is 0 Å². The summed E-state index contributed by atoms with van der Waals surface area (Å²) in [4.78, 5) is 25.5. The van der Waals surface area contributed by atoms with E-state index in [4.69, 9.17) is 18.9 Å². The first-order valence-corrected chi connectivity index (χ1v) is 27.2. The van der Waals surface area contributed by atoms with Crippen molar-refractivity contribution in [3.05, 3.63) is 36.5 Å². The third-order valence-electron chi connectivity index (χ3n) is 11.7. The summed E-state index contributed by atoms with van der Waals surface area (Å²) in [6, 6.07) is 0. The standard InChI is InChI=1S/C51H92O12S/c1-3-5-7-9-11-13-15-17-19-21-22-24-25-27-29-31-33-35-37-39-46(52)60-41-44(42-61-51-50(56)49(55)48(54)45(63-51)43-64(57,58)59)62-47(53)40-38-36-34-32-30-28-26-23-20-18-16-14-12-10-8-6-4-2/h11,13-14,16-17,19,44-45,48-51,54-56H,3-10,12,15,18,20-43H2,1-2H3,(H,57,58,59)/b13-11+,16-14+,19-17+/t44-,45-,48-,49?,50?,51+/m1/s1. The van der Waals surface area contributed by atoms with Crippen LogP contribution in [-0.2, 0) is 38.7 Å². The number of hydrogen-bond donors (Lipinski definition) is 4. The molecule has 0 aromatic carbocycles. The number of esters is 2. The maximum Gasteiger partial charge on any atom is 0.306 e. The minimum Gasteiger partial charge on any atom is -0.462 e. The van der Waals surface area contributed by atoms with Crippen molar-refractivity contribution in [2.24, 2.45) is 0 Å². The van der Waals surface area contributed by atoms with Crippen molar-refractivity contribution in [1.82, 2.24) is 0 Å². The van der Waals surface area contributed by atoms with E-state index >= 15 is 0 Å². The van der Waals surface area contributed by atoms with Crippen molar-refractivity contribution in [3.63, 3.8) is 0 Å². The van der Waals surface area contributed by atoms with Gasteiger partial charge in [-0.25, -0.2) is 0 Å². The second kappa shape index (κ2) is 41.1. The molecule has 0 radical (unpaired) electrons. The number of unbranched alkanes of at least 4 members (excludes halogenated alkanes) is 25. The Morgan fingerprint density at radius 1 is 0.531 bits per heavy atom. The lowest BCUT2D eigenvalue weighted by atomic mass is 10.00. The zero-order valence-corrected chi connectivity index (χ0v) is 41.0. The molecule has 0 aromatic rings. The summed E-state index contributed by atoms with van der Waals surface area (Å²) in [5, 5.41) is 31.0. The number of carbonyl (C=O) groups is 2. The Morgan fingerprint density at radius 2 is 0.938 bits per heavy atom. The van der Waals surface area contributed by atoms with Crippen LogP contribution in [0.1, 0.15) is 219 Å². The molecule has 0 bridgehead atoms. The van der Waals surface area contributed by atoms with E-state index in [1.54, 1.807) is 0 Å². The fraction of sp³-hybridized carbons (Fsp3) is 0.843. The number of hydrogen-bond acceptors (Lipinski definition) is 11. The van der Waals surface area contributed by atoms with E-state index in [-0.39, 0.29) is 19.4 Å². The van der Waals surface area contributed by atoms with Gasteiger partial charge in [-0.05, 0) is 70.6 Å². The van der Waals surface area contributed by atoms with E-state index in [2.05, 4.69) is 50.3 Å². The summed E-state index contributed by atoms with van der Waals surface area (Å²) in [7, 11) is -4.60. The molecule has 0 aliphatic carbocycles. The van der Waals surface area contributed by atoms with Crippen molar-refractivity contribution in [2.45, 2.75) is 256 Å². The zero-order valence-electron chi connectivity index (χ0n) is 40.1. The second-order valence-electron chi connectivity index (χ2n) is 17.8. The minimum atomic E-state index is -4.60. The van der Waals surface area contributed by atoms with Crippen LogP contribution in [0.4, 0.5) is 0 Å². The first kappa shape index (κ1) is 59.9. The SMILES string of the molecule is CCCCC/C=C/C/C=C/CCCCCCCCCCCC(=O)OC[C@H](CO[C@H]1O[C@H](CS(=O)(=O)O)[C@@H](O)C(O)C1O)OC(=O)CCCCCCCCCCC/C=C/CCCCCC. The van der Waals surface area contributed by atoms with E-state index < -0.39 is 71.2 Å². The highest BCUT2D eigenvalue weighted by molar-refractivity contribution is 7.85. The Balaban J connectivity index is 2.38. The molecule has 1 aliphatic rings. The van der Waals surface area contributed by atoms with Crippen LogP contribution < -0.4 is 0 Å². The van der Waals surface area contributed by atoms with E-state index in [9.17, 15) is 37.9 Å². The lowest BCUT2D eigenvalue weighted by Gasteiger charge is -2.40. The normalized spacial score (nSPS) is 19.9. The number of aliphatic hydroxyl groups is 3. The zero-order chi connectivity index (χ0) is 46.9. The Hall–Kier alpha value is -2.13. The number of ether oxygens (including phenoxy) is 4. The van der Waals surface area contributed by atoms with Gasteiger partial charge in [-0.3, -0.25) is 14.1 Å². The lowest BCUT2D eigenvalue weighted by molar-refractivity contribution is -0.297. The Labute approximate surface area is 389 Å². The summed E-state index contributed by atoms with van der Waals surface area (Å²) in [6.07, 6.45) is 38.9. The molecular formula is C51H92O12S. The average Bonchev–Trinajstić information content (AvgIpc) is 3.26. The topological polar surface area (TPSA) is 186 Å². The summed E-state index contributed by atoms with van der Waals surface area (Å²) >= 11 is 0. The smallest absolute Gasteiger partial charge is 0.306 e. The predicted octanol–water partition coefficient (Wildman–Crippen LogP) is 11.3.